The molecule has 108 valence electrons. The first-order valence-corrected chi connectivity index (χ1v) is 7.45. The molecule has 0 aromatic heterocycles. The highest BCUT2D eigenvalue weighted by Gasteiger charge is 2.25. The Labute approximate surface area is 124 Å². The summed E-state index contributed by atoms with van der Waals surface area (Å²) in [5.74, 6) is 1.75. The van der Waals surface area contributed by atoms with E-state index in [4.69, 9.17) is 9.47 Å². The fraction of sp³-hybridized carbons (Fsp3) is 0.333. The number of rotatable bonds is 1. The molecule has 2 aromatic rings. The number of aryl methyl sites for hydroxylation is 2. The Morgan fingerprint density at radius 2 is 1.81 bits per heavy atom. The predicted molar refractivity (Wildman–Crippen MR) is 82.0 cm³/mol. The number of hydrogen-bond donors (Lipinski definition) is 1. The second-order valence-electron chi connectivity index (χ2n) is 5.89. The summed E-state index contributed by atoms with van der Waals surface area (Å²) < 4.78 is 11.0. The van der Waals surface area contributed by atoms with Gasteiger partial charge in [0, 0.05) is 6.54 Å². The summed E-state index contributed by atoms with van der Waals surface area (Å²) >= 11 is 0. The second-order valence-corrected chi connectivity index (χ2v) is 5.89. The lowest BCUT2D eigenvalue weighted by atomic mass is 9.88. The topological polar surface area (TPSA) is 30.5 Å². The predicted octanol–water partition coefficient (Wildman–Crippen LogP) is 3.27. The van der Waals surface area contributed by atoms with Gasteiger partial charge in [-0.05, 0) is 60.2 Å². The zero-order chi connectivity index (χ0) is 14.4. The van der Waals surface area contributed by atoms with Crippen molar-refractivity contribution in [2.75, 3.05) is 13.3 Å². The molecule has 1 atom stereocenters. The fourth-order valence-electron chi connectivity index (χ4n) is 3.19. The number of ether oxygens (including phenoxy) is 2. The zero-order valence-electron chi connectivity index (χ0n) is 12.4. The highest BCUT2D eigenvalue weighted by molar-refractivity contribution is 5.52. The summed E-state index contributed by atoms with van der Waals surface area (Å²) in [5, 5.41) is 3.63. The molecule has 0 radical (unpaired) electrons. The van der Waals surface area contributed by atoms with Gasteiger partial charge in [0.2, 0.25) is 6.79 Å². The Bertz CT molecular complexity index is 709. The molecule has 0 saturated heterocycles. The number of fused-ring (bicyclic) bond motifs is 2. The van der Waals surface area contributed by atoms with Crippen LogP contribution in [0.5, 0.6) is 11.5 Å². The Hall–Kier alpha value is -2.00. The van der Waals surface area contributed by atoms with Gasteiger partial charge >= 0.3 is 0 Å². The summed E-state index contributed by atoms with van der Waals surface area (Å²) in [7, 11) is 0. The number of hydrogen-bond acceptors (Lipinski definition) is 3. The smallest absolute Gasteiger partial charge is 0.231 e. The largest absolute Gasteiger partial charge is 0.454 e. The van der Waals surface area contributed by atoms with Crippen LogP contribution >= 0.6 is 0 Å². The first kappa shape index (κ1) is 12.7. The third-order valence-electron chi connectivity index (χ3n) is 4.55. The van der Waals surface area contributed by atoms with Crippen LogP contribution in [-0.4, -0.2) is 13.3 Å². The van der Waals surface area contributed by atoms with Gasteiger partial charge < -0.3 is 14.8 Å². The molecule has 0 aliphatic carbocycles. The second kappa shape index (κ2) is 4.78. The molecule has 0 spiro atoms. The van der Waals surface area contributed by atoms with E-state index in [0.717, 1.165) is 24.5 Å². The van der Waals surface area contributed by atoms with Crippen LogP contribution in [0.4, 0.5) is 0 Å². The highest BCUT2D eigenvalue weighted by Crippen LogP contribution is 2.40. The Morgan fingerprint density at radius 3 is 2.62 bits per heavy atom. The van der Waals surface area contributed by atoms with Gasteiger partial charge in [0.1, 0.15) is 0 Å². The normalized spacial score (nSPS) is 19.4. The van der Waals surface area contributed by atoms with Crippen LogP contribution in [0.1, 0.15) is 33.9 Å². The van der Waals surface area contributed by atoms with Gasteiger partial charge in [-0.1, -0.05) is 18.2 Å². The Morgan fingerprint density at radius 1 is 1.00 bits per heavy atom. The van der Waals surface area contributed by atoms with Gasteiger partial charge in [-0.2, -0.15) is 0 Å². The molecule has 1 unspecified atom stereocenters. The van der Waals surface area contributed by atoms with E-state index in [2.05, 4.69) is 49.5 Å². The minimum absolute atomic E-state index is 0.238. The van der Waals surface area contributed by atoms with Crippen molar-refractivity contribution in [2.24, 2.45) is 0 Å². The molecule has 1 N–H and O–H groups in total. The highest BCUT2D eigenvalue weighted by atomic mass is 16.7. The lowest BCUT2D eigenvalue weighted by molar-refractivity contribution is 0.174. The van der Waals surface area contributed by atoms with Gasteiger partial charge in [0.15, 0.2) is 11.5 Å². The lowest BCUT2D eigenvalue weighted by Gasteiger charge is -2.28. The maximum Gasteiger partial charge on any atom is 0.231 e. The standard InChI is InChI=1S/C18H19NO2/c1-11-3-4-14(7-12(11)2)18-15-9-17-16(20-10-21-17)8-13(15)5-6-19-18/h3-4,7-9,18-19H,5-6,10H2,1-2H3. The van der Waals surface area contributed by atoms with Crippen LogP contribution in [-0.2, 0) is 6.42 Å². The molecule has 3 heteroatoms. The van der Waals surface area contributed by atoms with Gasteiger partial charge in [-0.25, -0.2) is 0 Å². The minimum Gasteiger partial charge on any atom is -0.454 e. The maximum absolute atomic E-state index is 5.54. The van der Waals surface area contributed by atoms with Crippen molar-refractivity contribution in [1.29, 1.82) is 0 Å². The van der Waals surface area contributed by atoms with Gasteiger partial charge in [-0.15, -0.1) is 0 Å². The Balaban J connectivity index is 1.80. The molecule has 0 fully saturated rings. The third-order valence-corrected chi connectivity index (χ3v) is 4.55. The van der Waals surface area contributed by atoms with Crippen molar-refractivity contribution in [3.63, 3.8) is 0 Å². The van der Waals surface area contributed by atoms with E-state index >= 15 is 0 Å². The van der Waals surface area contributed by atoms with Crippen LogP contribution in [0.3, 0.4) is 0 Å². The quantitative estimate of drug-likeness (QED) is 0.870. The summed E-state index contributed by atoms with van der Waals surface area (Å²) in [4.78, 5) is 0. The molecule has 0 amide bonds. The van der Waals surface area contributed by atoms with Crippen molar-refractivity contribution in [2.45, 2.75) is 26.3 Å². The molecular formula is C18H19NO2. The maximum atomic E-state index is 5.54. The van der Waals surface area contributed by atoms with E-state index in [1.165, 1.54) is 27.8 Å². The molecule has 3 nitrogen and oxygen atoms in total. The summed E-state index contributed by atoms with van der Waals surface area (Å²) in [6, 6.07) is 11.2. The van der Waals surface area contributed by atoms with Crippen LogP contribution in [0.25, 0.3) is 0 Å². The van der Waals surface area contributed by atoms with E-state index in [1.54, 1.807) is 0 Å². The molecule has 2 aliphatic heterocycles. The van der Waals surface area contributed by atoms with Gasteiger partial charge in [0.05, 0.1) is 6.04 Å². The Kier molecular flexibility index (Phi) is 2.89. The molecule has 2 aromatic carbocycles. The average molecular weight is 281 g/mol. The van der Waals surface area contributed by atoms with Crippen molar-refractivity contribution in [1.82, 2.24) is 5.32 Å². The van der Waals surface area contributed by atoms with E-state index in [9.17, 15) is 0 Å². The average Bonchev–Trinajstić information content (AvgIpc) is 2.94. The van der Waals surface area contributed by atoms with Crippen molar-refractivity contribution in [3.05, 3.63) is 58.1 Å². The van der Waals surface area contributed by atoms with E-state index in [-0.39, 0.29) is 6.04 Å². The summed E-state index contributed by atoms with van der Waals surface area (Å²) in [6.45, 7) is 5.64. The van der Waals surface area contributed by atoms with Gasteiger partial charge in [-0.3, -0.25) is 0 Å². The number of benzene rings is 2. The molecule has 2 heterocycles. The molecule has 0 saturated carbocycles. The van der Waals surface area contributed by atoms with Crippen LogP contribution in [0, 0.1) is 13.8 Å². The first-order valence-electron chi connectivity index (χ1n) is 7.45. The van der Waals surface area contributed by atoms with Crippen LogP contribution in [0.15, 0.2) is 30.3 Å². The molecule has 21 heavy (non-hydrogen) atoms. The fourth-order valence-corrected chi connectivity index (χ4v) is 3.19. The molecule has 2 aliphatic rings. The van der Waals surface area contributed by atoms with E-state index in [1.807, 2.05) is 0 Å². The lowest BCUT2D eigenvalue weighted by Crippen LogP contribution is -2.30. The molecule has 0 bridgehead atoms. The zero-order valence-corrected chi connectivity index (χ0v) is 12.4. The monoisotopic (exact) mass is 281 g/mol. The van der Waals surface area contributed by atoms with E-state index < -0.39 is 0 Å². The van der Waals surface area contributed by atoms with Crippen molar-refractivity contribution >= 4 is 0 Å². The molecular weight excluding hydrogens is 262 g/mol. The minimum atomic E-state index is 0.238. The molecule has 4 rings (SSSR count). The van der Waals surface area contributed by atoms with Gasteiger partial charge in [0.25, 0.3) is 0 Å². The third kappa shape index (κ3) is 2.09. The SMILES string of the molecule is Cc1ccc(C2NCCc3cc4c(cc32)OCO4)cc1C. The summed E-state index contributed by atoms with van der Waals surface area (Å²) in [5.41, 5.74) is 6.66. The van der Waals surface area contributed by atoms with Crippen LogP contribution in [0.2, 0.25) is 0 Å². The number of nitrogens with one attached hydrogen (secondary N) is 1. The summed E-state index contributed by atoms with van der Waals surface area (Å²) in [6.07, 6.45) is 1.04. The van der Waals surface area contributed by atoms with Crippen molar-refractivity contribution < 1.29 is 9.47 Å². The van der Waals surface area contributed by atoms with E-state index in [0.29, 0.717) is 6.79 Å². The van der Waals surface area contributed by atoms with Crippen molar-refractivity contribution in [3.8, 4) is 11.5 Å². The van der Waals surface area contributed by atoms with Crippen LogP contribution < -0.4 is 14.8 Å². The first-order chi connectivity index (χ1) is 10.2.